The highest BCUT2D eigenvalue weighted by atomic mass is 16.5. The fourth-order valence-electron chi connectivity index (χ4n) is 2.57. The maximum atomic E-state index is 11.9. The van der Waals surface area contributed by atoms with E-state index in [1.165, 1.54) is 11.1 Å². The number of fused-ring (bicyclic) bond motifs is 1. The molecule has 5 nitrogen and oxygen atoms in total. The summed E-state index contributed by atoms with van der Waals surface area (Å²) in [7, 11) is 0. The van der Waals surface area contributed by atoms with E-state index in [-0.39, 0.29) is 18.4 Å². The van der Waals surface area contributed by atoms with Gasteiger partial charge in [-0.1, -0.05) is 29.4 Å². The lowest BCUT2D eigenvalue weighted by Gasteiger charge is -2.26. The first-order valence-electron chi connectivity index (χ1n) is 7.10. The van der Waals surface area contributed by atoms with E-state index in [2.05, 4.69) is 22.6 Å². The van der Waals surface area contributed by atoms with Crippen molar-refractivity contribution in [3.05, 3.63) is 52.9 Å². The molecule has 2 heterocycles. The quantitative estimate of drug-likeness (QED) is 0.933. The molecule has 21 heavy (non-hydrogen) atoms. The Morgan fingerprint density at radius 3 is 3.10 bits per heavy atom. The van der Waals surface area contributed by atoms with Gasteiger partial charge in [-0.15, -0.1) is 0 Å². The summed E-state index contributed by atoms with van der Waals surface area (Å²) in [4.78, 5) is 11.9. The van der Waals surface area contributed by atoms with Crippen LogP contribution in [-0.4, -0.2) is 24.2 Å². The molecule has 1 amide bonds. The zero-order valence-electron chi connectivity index (χ0n) is 12.0. The molecule has 1 aliphatic heterocycles. The minimum Gasteiger partial charge on any atom is -0.371 e. The molecule has 1 atom stereocenters. The summed E-state index contributed by atoms with van der Waals surface area (Å²) in [5.74, 6) is 0.493. The number of carbonyl (C=O) groups is 1. The summed E-state index contributed by atoms with van der Waals surface area (Å²) < 4.78 is 10.8. The fraction of sp³-hybridized carbons (Fsp3) is 0.375. The molecular weight excluding hydrogens is 268 g/mol. The zero-order valence-corrected chi connectivity index (χ0v) is 12.0. The number of hydrogen-bond acceptors (Lipinski definition) is 4. The van der Waals surface area contributed by atoms with Crippen LogP contribution in [0.2, 0.25) is 0 Å². The Balaban J connectivity index is 1.57. The highest BCUT2D eigenvalue weighted by molar-refractivity contribution is 5.77. The Hall–Kier alpha value is -2.14. The van der Waals surface area contributed by atoms with Gasteiger partial charge in [0.2, 0.25) is 5.91 Å². The number of amides is 1. The molecule has 1 aromatic carbocycles. The molecule has 2 aromatic rings. The lowest BCUT2D eigenvalue weighted by Crippen LogP contribution is -2.32. The van der Waals surface area contributed by atoms with Crippen LogP contribution in [0.1, 0.15) is 28.7 Å². The van der Waals surface area contributed by atoms with Gasteiger partial charge in [0, 0.05) is 12.6 Å². The number of ether oxygens (including phenoxy) is 1. The Morgan fingerprint density at radius 2 is 2.29 bits per heavy atom. The van der Waals surface area contributed by atoms with Crippen LogP contribution >= 0.6 is 0 Å². The lowest BCUT2D eigenvalue weighted by atomic mass is 9.97. The molecular formula is C16H18N2O3. The van der Waals surface area contributed by atoms with E-state index in [0.717, 1.165) is 12.1 Å². The van der Waals surface area contributed by atoms with Crippen molar-refractivity contribution in [2.45, 2.75) is 25.9 Å². The molecule has 0 spiro atoms. The summed E-state index contributed by atoms with van der Waals surface area (Å²) in [6.45, 7) is 3.00. The molecule has 1 aromatic heterocycles. The molecule has 0 aliphatic carbocycles. The van der Waals surface area contributed by atoms with Gasteiger partial charge in [0.1, 0.15) is 11.9 Å². The maximum absolute atomic E-state index is 11.9. The smallest absolute Gasteiger partial charge is 0.227 e. The molecule has 0 fully saturated rings. The second kappa shape index (κ2) is 6.10. The summed E-state index contributed by atoms with van der Waals surface area (Å²) in [6, 6.07) is 9.98. The van der Waals surface area contributed by atoms with Crippen molar-refractivity contribution in [1.82, 2.24) is 10.5 Å². The van der Waals surface area contributed by atoms with Crippen LogP contribution in [0.5, 0.6) is 0 Å². The Bertz CT molecular complexity index is 636. The predicted octanol–water partition coefficient (Wildman–Crippen LogP) is 1.96. The number of nitrogens with one attached hydrogen (secondary N) is 1. The van der Waals surface area contributed by atoms with Gasteiger partial charge in [-0.25, -0.2) is 0 Å². The number of rotatable bonds is 4. The highest BCUT2D eigenvalue weighted by Gasteiger charge is 2.21. The van der Waals surface area contributed by atoms with Crippen LogP contribution in [0.15, 0.2) is 34.9 Å². The molecule has 0 saturated heterocycles. The minimum atomic E-state index is -0.0854. The van der Waals surface area contributed by atoms with Crippen LogP contribution in [0, 0.1) is 6.92 Å². The van der Waals surface area contributed by atoms with E-state index >= 15 is 0 Å². The van der Waals surface area contributed by atoms with Crippen molar-refractivity contribution in [3.63, 3.8) is 0 Å². The molecule has 0 radical (unpaired) electrons. The summed E-state index contributed by atoms with van der Waals surface area (Å²) >= 11 is 0. The van der Waals surface area contributed by atoms with Crippen molar-refractivity contribution in [1.29, 1.82) is 0 Å². The van der Waals surface area contributed by atoms with Gasteiger partial charge in [-0.2, -0.15) is 0 Å². The van der Waals surface area contributed by atoms with E-state index in [9.17, 15) is 4.79 Å². The highest BCUT2D eigenvalue weighted by Crippen LogP contribution is 2.26. The molecule has 110 valence electrons. The van der Waals surface area contributed by atoms with Gasteiger partial charge in [-0.05, 0) is 24.5 Å². The van der Waals surface area contributed by atoms with Crippen LogP contribution < -0.4 is 5.32 Å². The van der Waals surface area contributed by atoms with E-state index in [1.54, 1.807) is 6.07 Å². The SMILES string of the molecule is Cc1cc(CC(=O)NCC2OCCc3ccccc32)on1. The molecule has 3 rings (SSSR count). The van der Waals surface area contributed by atoms with Crippen molar-refractivity contribution >= 4 is 5.91 Å². The van der Waals surface area contributed by atoms with Gasteiger partial charge < -0.3 is 14.6 Å². The molecule has 1 aliphatic rings. The molecule has 0 saturated carbocycles. The second-order valence-corrected chi connectivity index (χ2v) is 5.22. The Morgan fingerprint density at radius 1 is 1.43 bits per heavy atom. The van der Waals surface area contributed by atoms with E-state index in [0.29, 0.717) is 18.9 Å². The summed E-state index contributed by atoms with van der Waals surface area (Å²) in [5, 5.41) is 6.67. The summed E-state index contributed by atoms with van der Waals surface area (Å²) in [5.41, 5.74) is 3.25. The number of hydrogen-bond donors (Lipinski definition) is 1. The number of nitrogens with zero attached hydrogens (tertiary/aromatic N) is 1. The van der Waals surface area contributed by atoms with Gasteiger partial charge >= 0.3 is 0 Å². The Kier molecular flexibility index (Phi) is 4.01. The average Bonchev–Trinajstić information content (AvgIpc) is 2.90. The molecule has 1 N–H and O–H groups in total. The van der Waals surface area contributed by atoms with E-state index in [4.69, 9.17) is 9.26 Å². The second-order valence-electron chi connectivity index (χ2n) is 5.22. The average molecular weight is 286 g/mol. The third-order valence-electron chi connectivity index (χ3n) is 3.59. The van der Waals surface area contributed by atoms with Gasteiger partial charge in [0.15, 0.2) is 0 Å². The predicted molar refractivity (Wildman–Crippen MR) is 76.8 cm³/mol. The standard InChI is InChI=1S/C16H18N2O3/c1-11-8-13(21-18-11)9-16(19)17-10-15-14-5-3-2-4-12(14)6-7-20-15/h2-5,8,15H,6-7,9-10H2,1H3,(H,17,19). The third kappa shape index (κ3) is 3.31. The van der Waals surface area contributed by atoms with Crippen LogP contribution in [0.25, 0.3) is 0 Å². The first-order valence-corrected chi connectivity index (χ1v) is 7.10. The van der Waals surface area contributed by atoms with Gasteiger partial charge in [0.05, 0.1) is 18.7 Å². The first kappa shape index (κ1) is 13.8. The summed E-state index contributed by atoms with van der Waals surface area (Å²) in [6.07, 6.45) is 1.06. The maximum Gasteiger partial charge on any atom is 0.227 e. The van der Waals surface area contributed by atoms with E-state index < -0.39 is 0 Å². The van der Waals surface area contributed by atoms with Crippen LogP contribution in [-0.2, 0) is 22.4 Å². The number of aryl methyl sites for hydroxylation is 1. The van der Waals surface area contributed by atoms with Crippen LogP contribution in [0.3, 0.4) is 0 Å². The number of benzene rings is 1. The van der Waals surface area contributed by atoms with Crippen molar-refractivity contribution in [2.75, 3.05) is 13.2 Å². The van der Waals surface area contributed by atoms with E-state index in [1.807, 2.05) is 19.1 Å². The normalized spacial score (nSPS) is 17.3. The van der Waals surface area contributed by atoms with Crippen molar-refractivity contribution in [3.8, 4) is 0 Å². The fourth-order valence-corrected chi connectivity index (χ4v) is 2.57. The van der Waals surface area contributed by atoms with Gasteiger partial charge in [0.25, 0.3) is 0 Å². The van der Waals surface area contributed by atoms with Crippen molar-refractivity contribution < 1.29 is 14.1 Å². The minimum absolute atomic E-state index is 0.0737. The number of aromatic nitrogens is 1. The van der Waals surface area contributed by atoms with Crippen molar-refractivity contribution in [2.24, 2.45) is 0 Å². The largest absolute Gasteiger partial charge is 0.371 e. The number of carbonyl (C=O) groups excluding carboxylic acids is 1. The lowest BCUT2D eigenvalue weighted by molar-refractivity contribution is -0.121. The van der Waals surface area contributed by atoms with Crippen LogP contribution in [0.4, 0.5) is 0 Å². The molecule has 0 bridgehead atoms. The first-order chi connectivity index (χ1) is 10.2. The zero-order chi connectivity index (χ0) is 14.7. The Labute approximate surface area is 123 Å². The molecule has 1 unspecified atom stereocenters. The van der Waals surface area contributed by atoms with Gasteiger partial charge in [-0.3, -0.25) is 4.79 Å². The molecule has 5 heteroatoms. The third-order valence-corrected chi connectivity index (χ3v) is 3.59. The topological polar surface area (TPSA) is 64.4 Å². The monoisotopic (exact) mass is 286 g/mol.